The van der Waals surface area contributed by atoms with E-state index in [9.17, 15) is 4.79 Å². The number of guanidine groups is 1. The van der Waals surface area contributed by atoms with Crippen LogP contribution in [0.15, 0.2) is 23.2 Å². The topological polar surface area (TPSA) is 72.0 Å². The summed E-state index contributed by atoms with van der Waals surface area (Å²) in [6, 6.07) is 6.41. The first-order chi connectivity index (χ1) is 12.2. The Balaban J connectivity index is 0.00000338. The molecule has 1 aromatic rings. The number of halogens is 1. The molecule has 0 unspecified atom stereocenters. The number of benzene rings is 1. The van der Waals surface area contributed by atoms with Crippen molar-refractivity contribution < 1.29 is 14.3 Å². The minimum absolute atomic E-state index is 0. The van der Waals surface area contributed by atoms with Gasteiger partial charge in [-0.2, -0.15) is 0 Å². The molecule has 0 radical (unpaired) electrons. The Bertz CT molecular complexity index is 593. The van der Waals surface area contributed by atoms with Crippen molar-refractivity contribution in [2.24, 2.45) is 4.99 Å². The van der Waals surface area contributed by atoms with Crippen LogP contribution < -0.4 is 15.4 Å². The van der Waals surface area contributed by atoms with Gasteiger partial charge in [-0.15, -0.1) is 24.0 Å². The van der Waals surface area contributed by atoms with Crippen molar-refractivity contribution in [3.05, 3.63) is 29.3 Å². The van der Waals surface area contributed by atoms with Crippen LogP contribution in [0.2, 0.25) is 0 Å². The number of ether oxygens (including phenoxy) is 2. The number of carbonyl (C=O) groups is 1. The van der Waals surface area contributed by atoms with Crippen LogP contribution >= 0.6 is 24.0 Å². The maximum Gasteiger partial charge on any atom is 0.305 e. The summed E-state index contributed by atoms with van der Waals surface area (Å²) in [6.07, 6.45) is 3.04. The SMILES string of the molecule is CCNC(=NCCCC(=O)OCC)NCCc1ccc2c(c1)CCO2.I. The van der Waals surface area contributed by atoms with Gasteiger partial charge in [0, 0.05) is 32.5 Å². The molecule has 0 saturated heterocycles. The molecular formula is C19H30IN3O3. The predicted molar refractivity (Wildman–Crippen MR) is 115 cm³/mol. The van der Waals surface area contributed by atoms with Gasteiger partial charge in [-0.25, -0.2) is 0 Å². The average Bonchev–Trinajstić information content (AvgIpc) is 3.06. The summed E-state index contributed by atoms with van der Waals surface area (Å²) in [5, 5.41) is 6.57. The van der Waals surface area contributed by atoms with Gasteiger partial charge in [0.2, 0.25) is 0 Å². The normalized spacial score (nSPS) is 12.6. The number of esters is 1. The Labute approximate surface area is 173 Å². The van der Waals surface area contributed by atoms with Gasteiger partial charge in [0.1, 0.15) is 5.75 Å². The zero-order chi connectivity index (χ0) is 17.9. The number of hydrogen-bond donors (Lipinski definition) is 2. The number of nitrogens with one attached hydrogen (secondary N) is 2. The molecule has 6 nitrogen and oxygen atoms in total. The lowest BCUT2D eigenvalue weighted by atomic mass is 10.1. The van der Waals surface area contributed by atoms with Crippen molar-refractivity contribution in [3.63, 3.8) is 0 Å². The highest BCUT2D eigenvalue weighted by atomic mass is 127. The first-order valence-corrected chi connectivity index (χ1v) is 9.15. The summed E-state index contributed by atoms with van der Waals surface area (Å²) < 4.78 is 10.5. The smallest absolute Gasteiger partial charge is 0.305 e. The van der Waals surface area contributed by atoms with Crippen molar-refractivity contribution in [1.82, 2.24) is 10.6 Å². The molecule has 0 spiro atoms. The van der Waals surface area contributed by atoms with E-state index in [0.29, 0.717) is 26.0 Å². The van der Waals surface area contributed by atoms with Crippen molar-refractivity contribution in [1.29, 1.82) is 0 Å². The molecule has 0 aliphatic carbocycles. The molecule has 0 bridgehead atoms. The Morgan fingerprint density at radius 2 is 2.15 bits per heavy atom. The second kappa shape index (κ2) is 12.8. The number of fused-ring (bicyclic) bond motifs is 1. The zero-order valence-electron chi connectivity index (χ0n) is 15.7. The van der Waals surface area contributed by atoms with Gasteiger partial charge in [-0.05, 0) is 43.9 Å². The summed E-state index contributed by atoms with van der Waals surface area (Å²) in [5.41, 5.74) is 2.60. The third kappa shape index (κ3) is 7.80. The van der Waals surface area contributed by atoms with Crippen molar-refractivity contribution in [2.75, 3.05) is 32.8 Å². The molecule has 0 atom stereocenters. The van der Waals surface area contributed by atoms with Crippen molar-refractivity contribution >= 4 is 35.9 Å². The average molecular weight is 475 g/mol. The van der Waals surface area contributed by atoms with E-state index in [1.807, 2.05) is 13.8 Å². The second-order valence-corrected chi connectivity index (χ2v) is 5.89. The molecule has 2 N–H and O–H groups in total. The van der Waals surface area contributed by atoms with E-state index >= 15 is 0 Å². The van der Waals surface area contributed by atoms with Crippen molar-refractivity contribution in [3.8, 4) is 5.75 Å². The molecule has 1 aliphatic heterocycles. The molecule has 26 heavy (non-hydrogen) atoms. The van der Waals surface area contributed by atoms with E-state index in [-0.39, 0.29) is 29.9 Å². The molecule has 146 valence electrons. The van der Waals surface area contributed by atoms with Gasteiger partial charge in [-0.3, -0.25) is 9.79 Å². The molecule has 0 amide bonds. The number of rotatable bonds is 9. The van der Waals surface area contributed by atoms with Crippen LogP contribution in [0.3, 0.4) is 0 Å². The summed E-state index contributed by atoms with van der Waals surface area (Å²) in [6.45, 7) is 7.29. The molecule has 1 heterocycles. The minimum Gasteiger partial charge on any atom is -0.493 e. The van der Waals surface area contributed by atoms with Crippen LogP contribution in [0.5, 0.6) is 5.75 Å². The summed E-state index contributed by atoms with van der Waals surface area (Å²) in [5.74, 6) is 1.65. The largest absolute Gasteiger partial charge is 0.493 e. The highest BCUT2D eigenvalue weighted by molar-refractivity contribution is 14.0. The molecule has 1 aliphatic rings. The first kappa shape index (κ1) is 22.5. The fraction of sp³-hybridized carbons (Fsp3) is 0.579. The van der Waals surface area contributed by atoms with E-state index in [1.54, 1.807) is 0 Å². The van der Waals surface area contributed by atoms with Gasteiger partial charge in [0.05, 0.1) is 13.2 Å². The lowest BCUT2D eigenvalue weighted by molar-refractivity contribution is -0.143. The fourth-order valence-electron chi connectivity index (χ4n) is 2.71. The number of hydrogen-bond acceptors (Lipinski definition) is 4. The molecule has 7 heteroatoms. The zero-order valence-corrected chi connectivity index (χ0v) is 18.0. The Hall–Kier alpha value is -1.51. The maximum atomic E-state index is 11.3. The Morgan fingerprint density at radius 3 is 2.92 bits per heavy atom. The summed E-state index contributed by atoms with van der Waals surface area (Å²) >= 11 is 0. The third-order valence-electron chi connectivity index (χ3n) is 3.92. The highest BCUT2D eigenvalue weighted by Crippen LogP contribution is 2.25. The van der Waals surface area contributed by atoms with Crippen molar-refractivity contribution in [2.45, 2.75) is 39.5 Å². The molecule has 0 aromatic heterocycles. The van der Waals surface area contributed by atoms with E-state index in [1.165, 1.54) is 11.1 Å². The monoisotopic (exact) mass is 475 g/mol. The number of aliphatic imine (C=N–C) groups is 1. The quantitative estimate of drug-likeness (QED) is 0.189. The standard InChI is InChI=1S/C19H29N3O3.HI/c1-3-20-19(21-11-5-6-18(23)24-4-2)22-12-9-15-7-8-17-16(14-15)10-13-25-17;/h7-8,14H,3-6,9-13H2,1-2H3,(H2,20,21,22);1H. The molecular weight excluding hydrogens is 445 g/mol. The Kier molecular flexibility index (Phi) is 11.1. The van der Waals surface area contributed by atoms with Crippen LogP contribution in [0.1, 0.15) is 37.8 Å². The van der Waals surface area contributed by atoms with E-state index in [4.69, 9.17) is 9.47 Å². The van der Waals surface area contributed by atoms with Gasteiger partial charge in [-0.1, -0.05) is 12.1 Å². The lowest BCUT2D eigenvalue weighted by Gasteiger charge is -2.11. The predicted octanol–water partition coefficient (Wildman–Crippen LogP) is 2.68. The third-order valence-corrected chi connectivity index (χ3v) is 3.92. The van der Waals surface area contributed by atoms with Crippen LogP contribution in [-0.4, -0.2) is 44.8 Å². The van der Waals surface area contributed by atoms with E-state index in [2.05, 4.69) is 33.8 Å². The molecule has 1 aromatic carbocycles. The van der Waals surface area contributed by atoms with Crippen LogP contribution in [0.4, 0.5) is 0 Å². The summed E-state index contributed by atoms with van der Waals surface area (Å²) in [4.78, 5) is 15.8. The number of nitrogens with zero attached hydrogens (tertiary/aromatic N) is 1. The van der Waals surface area contributed by atoms with E-state index < -0.39 is 0 Å². The first-order valence-electron chi connectivity index (χ1n) is 9.15. The van der Waals surface area contributed by atoms with Gasteiger partial charge in [0.15, 0.2) is 5.96 Å². The molecule has 2 rings (SSSR count). The Morgan fingerprint density at radius 1 is 1.31 bits per heavy atom. The van der Waals surface area contributed by atoms with Gasteiger partial charge in [0.25, 0.3) is 0 Å². The van der Waals surface area contributed by atoms with Crippen LogP contribution in [-0.2, 0) is 22.4 Å². The number of carbonyl (C=O) groups excluding carboxylic acids is 1. The van der Waals surface area contributed by atoms with Crippen LogP contribution in [0.25, 0.3) is 0 Å². The molecule has 0 fully saturated rings. The minimum atomic E-state index is -0.156. The van der Waals surface area contributed by atoms with E-state index in [0.717, 1.165) is 44.2 Å². The fourth-order valence-corrected chi connectivity index (χ4v) is 2.71. The highest BCUT2D eigenvalue weighted by Gasteiger charge is 2.11. The molecule has 0 saturated carbocycles. The van der Waals surface area contributed by atoms with Gasteiger partial charge >= 0.3 is 5.97 Å². The lowest BCUT2D eigenvalue weighted by Crippen LogP contribution is -2.38. The van der Waals surface area contributed by atoms with Gasteiger partial charge < -0.3 is 20.1 Å². The maximum absolute atomic E-state index is 11.3. The summed E-state index contributed by atoms with van der Waals surface area (Å²) in [7, 11) is 0. The second-order valence-electron chi connectivity index (χ2n) is 5.89. The van der Waals surface area contributed by atoms with Crippen LogP contribution in [0, 0.1) is 0 Å².